The Morgan fingerprint density at radius 1 is 1.14 bits per heavy atom. The number of para-hydroxylation sites is 1. The number of halogens is 1. The first kappa shape index (κ1) is 28.7. The molecule has 3 amide bonds. The number of urea groups is 1. The predicted molar refractivity (Wildman–Crippen MR) is 144 cm³/mol. The Balaban J connectivity index is 1.91. The number of nitrogens with one attached hydrogen (secondary N) is 2. The Labute approximate surface area is 222 Å². The van der Waals surface area contributed by atoms with Crippen LogP contribution in [0, 0.1) is 5.92 Å². The molecular weight excluding hydrogens is 520 g/mol. The molecule has 2 aromatic carbocycles. The number of fused-ring (bicyclic) bond motifs is 1. The van der Waals surface area contributed by atoms with Crippen molar-refractivity contribution in [2.24, 2.45) is 5.92 Å². The van der Waals surface area contributed by atoms with Crippen molar-refractivity contribution in [3.63, 3.8) is 0 Å². The van der Waals surface area contributed by atoms with Gasteiger partial charge in [0.2, 0.25) is 10.0 Å². The van der Waals surface area contributed by atoms with E-state index < -0.39 is 28.2 Å². The zero-order valence-electron chi connectivity index (χ0n) is 21.5. The summed E-state index contributed by atoms with van der Waals surface area (Å²) >= 11 is 6.11. The van der Waals surface area contributed by atoms with Gasteiger partial charge < -0.3 is 25.0 Å². The van der Waals surface area contributed by atoms with Gasteiger partial charge in [0.05, 0.1) is 34.7 Å². The number of ether oxygens (including phenoxy) is 2. The summed E-state index contributed by atoms with van der Waals surface area (Å²) in [5.74, 6) is -0.248. The van der Waals surface area contributed by atoms with E-state index in [-0.39, 0.29) is 42.8 Å². The molecule has 0 unspecified atom stereocenters. The molecule has 1 aliphatic rings. The normalized spacial score (nSPS) is 21.7. The molecule has 10 nitrogen and oxygen atoms in total. The molecule has 37 heavy (non-hydrogen) atoms. The molecule has 2 aromatic rings. The fourth-order valence-corrected chi connectivity index (χ4v) is 5.53. The Morgan fingerprint density at radius 3 is 2.49 bits per heavy atom. The van der Waals surface area contributed by atoms with E-state index in [0.29, 0.717) is 16.4 Å². The van der Waals surface area contributed by atoms with Crippen LogP contribution in [-0.2, 0) is 14.8 Å². The van der Waals surface area contributed by atoms with E-state index >= 15 is 0 Å². The van der Waals surface area contributed by atoms with E-state index in [2.05, 4.69) is 10.6 Å². The summed E-state index contributed by atoms with van der Waals surface area (Å²) in [7, 11) is -0.351. The van der Waals surface area contributed by atoms with Gasteiger partial charge in [0.15, 0.2) is 0 Å². The highest BCUT2D eigenvalue weighted by molar-refractivity contribution is 7.88. The Bertz CT molecular complexity index is 1240. The van der Waals surface area contributed by atoms with E-state index in [1.54, 1.807) is 50.4 Å². The second-order valence-corrected chi connectivity index (χ2v) is 11.5. The minimum absolute atomic E-state index is 0.0290. The van der Waals surface area contributed by atoms with E-state index in [4.69, 9.17) is 21.1 Å². The van der Waals surface area contributed by atoms with E-state index in [1.807, 2.05) is 6.92 Å². The zero-order chi connectivity index (χ0) is 27.3. The van der Waals surface area contributed by atoms with E-state index in [9.17, 15) is 18.0 Å². The van der Waals surface area contributed by atoms with Gasteiger partial charge in [-0.15, -0.1) is 0 Å². The topological polar surface area (TPSA) is 117 Å². The van der Waals surface area contributed by atoms with Gasteiger partial charge in [-0.25, -0.2) is 13.2 Å². The first-order valence-electron chi connectivity index (χ1n) is 11.7. The van der Waals surface area contributed by atoms with Gasteiger partial charge in [0.1, 0.15) is 12.4 Å². The largest absolute Gasteiger partial charge is 0.491 e. The number of likely N-dealkylation sites (N-methyl/N-ethyl adjacent to an activating group) is 1. The van der Waals surface area contributed by atoms with E-state index in [0.717, 1.165) is 0 Å². The van der Waals surface area contributed by atoms with Crippen LogP contribution in [0.3, 0.4) is 0 Å². The molecule has 0 aliphatic carbocycles. The number of hydrogen-bond donors (Lipinski definition) is 2. The summed E-state index contributed by atoms with van der Waals surface area (Å²) in [6.07, 6.45) is 0.760. The van der Waals surface area contributed by atoms with Crippen LogP contribution in [0.25, 0.3) is 0 Å². The van der Waals surface area contributed by atoms with Crippen molar-refractivity contribution in [3.05, 3.63) is 53.1 Å². The number of sulfonamides is 1. The number of rotatable bonds is 4. The van der Waals surface area contributed by atoms with Crippen LogP contribution in [0.5, 0.6) is 5.75 Å². The Kier molecular flexibility index (Phi) is 9.41. The number of amides is 3. The highest BCUT2D eigenvalue weighted by Crippen LogP contribution is 2.27. The minimum atomic E-state index is -3.53. The van der Waals surface area contributed by atoms with Gasteiger partial charge in [-0.05, 0) is 43.2 Å². The second kappa shape index (κ2) is 12.1. The van der Waals surface area contributed by atoms with Crippen LogP contribution in [0.1, 0.15) is 24.2 Å². The zero-order valence-corrected chi connectivity index (χ0v) is 23.1. The van der Waals surface area contributed by atoms with Crippen molar-refractivity contribution in [2.75, 3.05) is 50.7 Å². The Hall–Kier alpha value is -2.86. The van der Waals surface area contributed by atoms with Gasteiger partial charge in [-0.1, -0.05) is 30.7 Å². The first-order valence-corrected chi connectivity index (χ1v) is 14.0. The van der Waals surface area contributed by atoms with Gasteiger partial charge in [-0.3, -0.25) is 4.79 Å². The number of carbonyl (C=O) groups is 2. The molecule has 3 rings (SSSR count). The highest BCUT2D eigenvalue weighted by Gasteiger charge is 2.32. The summed E-state index contributed by atoms with van der Waals surface area (Å²) in [6, 6.07) is 10.5. The van der Waals surface area contributed by atoms with Crippen molar-refractivity contribution >= 4 is 44.9 Å². The molecule has 12 heteroatoms. The van der Waals surface area contributed by atoms with Crippen LogP contribution >= 0.6 is 11.6 Å². The summed E-state index contributed by atoms with van der Waals surface area (Å²) in [5, 5.41) is 5.76. The molecular formula is C25H33ClN4O6S. The average molecular weight is 553 g/mol. The number of nitrogens with zero attached hydrogens (tertiary/aromatic N) is 2. The van der Waals surface area contributed by atoms with Crippen molar-refractivity contribution in [1.82, 2.24) is 9.21 Å². The molecule has 1 heterocycles. The molecule has 0 saturated carbocycles. The van der Waals surface area contributed by atoms with Crippen molar-refractivity contribution in [2.45, 2.75) is 26.0 Å². The number of carbonyl (C=O) groups excluding carboxylic acids is 2. The molecule has 3 atom stereocenters. The molecule has 1 aliphatic heterocycles. The van der Waals surface area contributed by atoms with Crippen molar-refractivity contribution in [3.8, 4) is 5.75 Å². The molecule has 2 N–H and O–H groups in total. The summed E-state index contributed by atoms with van der Waals surface area (Å²) < 4.78 is 38.0. The fraction of sp³-hybridized carbons (Fsp3) is 0.440. The predicted octanol–water partition coefficient (Wildman–Crippen LogP) is 3.75. The smallest absolute Gasteiger partial charge is 0.323 e. The maximum absolute atomic E-state index is 13.4. The highest BCUT2D eigenvalue weighted by atomic mass is 35.5. The van der Waals surface area contributed by atoms with Gasteiger partial charge >= 0.3 is 6.03 Å². The van der Waals surface area contributed by atoms with Crippen molar-refractivity contribution < 1.29 is 27.5 Å². The molecule has 0 bridgehead atoms. The van der Waals surface area contributed by atoms with Gasteiger partial charge in [0.25, 0.3) is 5.91 Å². The second-order valence-electron chi connectivity index (χ2n) is 9.20. The standard InChI is InChI=1S/C25H33ClN4O6S/c1-16-13-30(37(5,33)34)17(2)15-36-22-11-10-18(12-19(22)24(31)29(3)14-23(16)35-4)27-25(32)28-21-9-7-6-8-20(21)26/h6-12,16-17,23H,13-15H2,1-5H3,(H2,27,28,32)/t16-,17-,23-/m1/s1. The molecule has 0 aromatic heterocycles. The minimum Gasteiger partial charge on any atom is -0.491 e. The monoisotopic (exact) mass is 552 g/mol. The first-order chi connectivity index (χ1) is 17.4. The lowest BCUT2D eigenvalue weighted by Gasteiger charge is -2.34. The van der Waals surface area contributed by atoms with Gasteiger partial charge in [0, 0.05) is 32.9 Å². The lowest BCUT2D eigenvalue weighted by Crippen LogP contribution is -2.48. The lowest BCUT2D eigenvalue weighted by molar-refractivity contribution is 0.0213. The third-order valence-electron chi connectivity index (χ3n) is 6.19. The molecule has 0 radical (unpaired) electrons. The summed E-state index contributed by atoms with van der Waals surface area (Å²) in [4.78, 5) is 27.5. The van der Waals surface area contributed by atoms with Gasteiger partial charge in [-0.2, -0.15) is 4.31 Å². The van der Waals surface area contributed by atoms with Crippen LogP contribution in [0.15, 0.2) is 42.5 Å². The number of methoxy groups -OCH3 is 1. The average Bonchev–Trinajstić information content (AvgIpc) is 2.84. The quantitative estimate of drug-likeness (QED) is 0.596. The fourth-order valence-electron chi connectivity index (χ4n) is 4.13. The summed E-state index contributed by atoms with van der Waals surface area (Å²) in [5.41, 5.74) is 1.03. The molecule has 0 saturated heterocycles. The van der Waals surface area contributed by atoms with Crippen LogP contribution < -0.4 is 15.4 Å². The van der Waals surface area contributed by atoms with E-state index in [1.165, 1.54) is 28.6 Å². The molecule has 202 valence electrons. The number of benzene rings is 2. The third-order valence-corrected chi connectivity index (χ3v) is 7.88. The molecule has 0 spiro atoms. The molecule has 0 fully saturated rings. The lowest BCUT2D eigenvalue weighted by atomic mass is 10.0. The third kappa shape index (κ3) is 7.35. The van der Waals surface area contributed by atoms with Crippen LogP contribution in [0.4, 0.5) is 16.2 Å². The van der Waals surface area contributed by atoms with Crippen LogP contribution in [-0.4, -0.2) is 81.8 Å². The van der Waals surface area contributed by atoms with Crippen LogP contribution in [0.2, 0.25) is 5.02 Å². The summed E-state index contributed by atoms with van der Waals surface area (Å²) in [6.45, 7) is 4.12. The number of anilines is 2. The SMILES string of the molecule is CO[C@@H]1CN(C)C(=O)c2cc(NC(=O)Nc3ccccc3Cl)ccc2OC[C@@H](C)N(S(C)(=O)=O)C[C@H]1C. The number of hydrogen-bond acceptors (Lipinski definition) is 6. The Morgan fingerprint density at radius 2 is 1.84 bits per heavy atom. The maximum Gasteiger partial charge on any atom is 0.323 e. The maximum atomic E-state index is 13.4. The van der Waals surface area contributed by atoms with Crippen molar-refractivity contribution in [1.29, 1.82) is 0 Å².